The van der Waals surface area contributed by atoms with Gasteiger partial charge in [-0.3, -0.25) is 4.79 Å². The zero-order valence-corrected chi connectivity index (χ0v) is 16.0. The Morgan fingerprint density at radius 3 is 2.26 bits per heavy atom. The van der Waals surface area contributed by atoms with Crippen LogP contribution in [0.25, 0.3) is 22.4 Å². The highest BCUT2D eigenvalue weighted by Gasteiger charge is 2.10. The summed E-state index contributed by atoms with van der Waals surface area (Å²) in [6.45, 7) is 0. The van der Waals surface area contributed by atoms with Gasteiger partial charge in [0, 0.05) is 31.9 Å². The largest absolute Gasteiger partial charge is 0.338 e. The zero-order valence-electron chi connectivity index (χ0n) is 13.8. The van der Waals surface area contributed by atoms with Crippen LogP contribution in [-0.4, -0.2) is 15.9 Å². The van der Waals surface area contributed by atoms with Crippen molar-refractivity contribution in [3.05, 3.63) is 81.3 Å². The van der Waals surface area contributed by atoms with Crippen molar-refractivity contribution in [2.24, 2.45) is 0 Å². The predicted molar refractivity (Wildman–Crippen MR) is 111 cm³/mol. The molecule has 1 amide bonds. The fourth-order valence-corrected chi connectivity index (χ4v) is 3.43. The summed E-state index contributed by atoms with van der Waals surface area (Å²) < 4.78 is 0. The van der Waals surface area contributed by atoms with E-state index < -0.39 is 0 Å². The van der Waals surface area contributed by atoms with Gasteiger partial charge in [0.05, 0.1) is 11.0 Å². The van der Waals surface area contributed by atoms with E-state index in [1.165, 1.54) is 0 Å². The number of carbonyl (C=O) groups is 1. The second kappa shape index (κ2) is 7.24. The molecule has 1 aromatic heterocycles. The summed E-state index contributed by atoms with van der Waals surface area (Å²) in [6.07, 6.45) is 0. The molecule has 0 atom stereocenters. The van der Waals surface area contributed by atoms with Crippen LogP contribution in [0, 0.1) is 0 Å². The van der Waals surface area contributed by atoms with Gasteiger partial charge in [-0.1, -0.05) is 46.9 Å². The van der Waals surface area contributed by atoms with Crippen LogP contribution in [0.1, 0.15) is 10.4 Å². The molecule has 0 aliphatic heterocycles. The first kappa shape index (κ1) is 17.9. The van der Waals surface area contributed by atoms with E-state index in [9.17, 15) is 4.79 Å². The summed E-state index contributed by atoms with van der Waals surface area (Å²) in [4.78, 5) is 20.2. The van der Waals surface area contributed by atoms with E-state index in [4.69, 9.17) is 34.8 Å². The van der Waals surface area contributed by atoms with Gasteiger partial charge in [0.1, 0.15) is 5.82 Å². The number of anilines is 1. The first-order chi connectivity index (χ1) is 13.0. The summed E-state index contributed by atoms with van der Waals surface area (Å²) in [7, 11) is 0. The van der Waals surface area contributed by atoms with Crippen LogP contribution >= 0.6 is 34.8 Å². The standard InChI is InChI=1S/C20H12Cl3N3O/c21-13-5-6-17-18(10-13)26-19(25-17)11-1-3-12(4-2-11)20(27)24-16-8-14(22)7-15(23)9-16/h1-10H,(H,24,27)(H,25,26). The van der Waals surface area contributed by atoms with Crippen molar-refractivity contribution in [1.29, 1.82) is 0 Å². The molecule has 1 heterocycles. The number of hydrogen-bond donors (Lipinski definition) is 2. The maximum Gasteiger partial charge on any atom is 0.255 e. The second-order valence-corrected chi connectivity index (χ2v) is 7.25. The Hall–Kier alpha value is -2.53. The fraction of sp³-hybridized carbons (Fsp3) is 0. The van der Waals surface area contributed by atoms with Crippen molar-refractivity contribution >= 4 is 57.4 Å². The molecule has 4 aromatic rings. The van der Waals surface area contributed by atoms with Crippen LogP contribution in [0.3, 0.4) is 0 Å². The van der Waals surface area contributed by atoms with Crippen molar-refractivity contribution in [3.8, 4) is 11.4 Å². The minimum Gasteiger partial charge on any atom is -0.338 e. The predicted octanol–water partition coefficient (Wildman–Crippen LogP) is 6.44. The Labute approximate surface area is 170 Å². The summed E-state index contributed by atoms with van der Waals surface area (Å²) >= 11 is 17.9. The molecule has 0 fully saturated rings. The lowest BCUT2D eigenvalue weighted by molar-refractivity contribution is 0.102. The van der Waals surface area contributed by atoms with E-state index in [2.05, 4.69) is 15.3 Å². The average Bonchev–Trinajstić information content (AvgIpc) is 3.04. The number of aromatic nitrogens is 2. The van der Waals surface area contributed by atoms with E-state index in [1.807, 2.05) is 24.3 Å². The molecule has 4 nitrogen and oxygen atoms in total. The number of imidazole rings is 1. The van der Waals surface area contributed by atoms with E-state index in [-0.39, 0.29) is 5.91 Å². The van der Waals surface area contributed by atoms with Gasteiger partial charge < -0.3 is 10.3 Å². The molecule has 4 rings (SSSR count). The SMILES string of the molecule is O=C(Nc1cc(Cl)cc(Cl)c1)c1ccc(-c2nc3ccc(Cl)cc3[nH]2)cc1. The number of nitrogens with one attached hydrogen (secondary N) is 2. The lowest BCUT2D eigenvalue weighted by atomic mass is 10.1. The third kappa shape index (κ3) is 3.93. The van der Waals surface area contributed by atoms with E-state index in [0.29, 0.717) is 32.1 Å². The topological polar surface area (TPSA) is 57.8 Å². The number of nitrogens with zero attached hydrogens (tertiary/aromatic N) is 1. The van der Waals surface area contributed by atoms with E-state index >= 15 is 0 Å². The Balaban J connectivity index is 1.56. The van der Waals surface area contributed by atoms with Gasteiger partial charge in [0.25, 0.3) is 5.91 Å². The minimum atomic E-state index is -0.253. The number of halogens is 3. The highest BCUT2D eigenvalue weighted by molar-refractivity contribution is 6.35. The molecule has 134 valence electrons. The zero-order chi connectivity index (χ0) is 19.0. The van der Waals surface area contributed by atoms with E-state index in [0.717, 1.165) is 16.6 Å². The van der Waals surface area contributed by atoms with Crippen LogP contribution in [-0.2, 0) is 0 Å². The highest BCUT2D eigenvalue weighted by atomic mass is 35.5. The third-order valence-electron chi connectivity index (χ3n) is 3.98. The van der Waals surface area contributed by atoms with Crippen LogP contribution < -0.4 is 5.32 Å². The van der Waals surface area contributed by atoms with Crippen molar-refractivity contribution in [3.63, 3.8) is 0 Å². The van der Waals surface area contributed by atoms with Crippen molar-refractivity contribution in [2.75, 3.05) is 5.32 Å². The maximum atomic E-state index is 12.4. The molecule has 0 saturated heterocycles. The number of rotatable bonds is 3. The number of fused-ring (bicyclic) bond motifs is 1. The highest BCUT2D eigenvalue weighted by Crippen LogP contribution is 2.25. The van der Waals surface area contributed by atoms with Gasteiger partial charge in [-0.15, -0.1) is 0 Å². The number of hydrogen-bond acceptors (Lipinski definition) is 2. The van der Waals surface area contributed by atoms with Crippen LogP contribution in [0.15, 0.2) is 60.7 Å². The minimum absolute atomic E-state index is 0.253. The molecule has 0 unspecified atom stereocenters. The molecule has 0 aliphatic rings. The quantitative estimate of drug-likeness (QED) is 0.403. The van der Waals surface area contributed by atoms with Crippen molar-refractivity contribution < 1.29 is 4.79 Å². The Morgan fingerprint density at radius 2 is 1.56 bits per heavy atom. The third-order valence-corrected chi connectivity index (χ3v) is 4.66. The van der Waals surface area contributed by atoms with Gasteiger partial charge in [-0.05, 0) is 48.5 Å². The fourth-order valence-electron chi connectivity index (χ4n) is 2.73. The summed E-state index contributed by atoms with van der Waals surface area (Å²) in [6, 6.07) is 17.5. The normalized spacial score (nSPS) is 10.9. The Bertz CT molecular complexity index is 1130. The van der Waals surface area contributed by atoms with Gasteiger partial charge >= 0.3 is 0 Å². The van der Waals surface area contributed by atoms with E-state index in [1.54, 1.807) is 36.4 Å². The molecule has 0 aliphatic carbocycles. The monoisotopic (exact) mass is 415 g/mol. The molecular weight excluding hydrogens is 405 g/mol. The summed E-state index contributed by atoms with van der Waals surface area (Å²) in [5.41, 5.74) is 3.60. The molecule has 3 aromatic carbocycles. The first-order valence-corrected chi connectivity index (χ1v) is 9.14. The molecule has 27 heavy (non-hydrogen) atoms. The average molecular weight is 417 g/mol. The first-order valence-electron chi connectivity index (χ1n) is 8.01. The van der Waals surface area contributed by atoms with Crippen LogP contribution in [0.2, 0.25) is 15.1 Å². The van der Waals surface area contributed by atoms with Gasteiger partial charge in [0.2, 0.25) is 0 Å². The summed E-state index contributed by atoms with van der Waals surface area (Å²) in [5.74, 6) is 0.456. The molecule has 2 N–H and O–H groups in total. The number of carbonyl (C=O) groups excluding carboxylic acids is 1. The Kier molecular flexibility index (Phi) is 4.79. The van der Waals surface area contributed by atoms with Crippen LogP contribution in [0.5, 0.6) is 0 Å². The molecule has 0 bridgehead atoms. The molecular formula is C20H12Cl3N3O. The van der Waals surface area contributed by atoms with Crippen molar-refractivity contribution in [2.45, 2.75) is 0 Å². The smallest absolute Gasteiger partial charge is 0.255 e. The summed E-state index contributed by atoms with van der Waals surface area (Å²) in [5, 5.41) is 4.34. The van der Waals surface area contributed by atoms with Gasteiger partial charge in [0.15, 0.2) is 0 Å². The lowest BCUT2D eigenvalue weighted by Gasteiger charge is -2.07. The van der Waals surface area contributed by atoms with Crippen LogP contribution in [0.4, 0.5) is 5.69 Å². The van der Waals surface area contributed by atoms with Gasteiger partial charge in [-0.2, -0.15) is 0 Å². The van der Waals surface area contributed by atoms with Crippen molar-refractivity contribution in [1.82, 2.24) is 9.97 Å². The molecule has 0 radical (unpaired) electrons. The van der Waals surface area contributed by atoms with Gasteiger partial charge in [-0.25, -0.2) is 4.98 Å². The number of amides is 1. The molecule has 0 spiro atoms. The number of H-pyrrole nitrogens is 1. The Morgan fingerprint density at radius 1 is 0.852 bits per heavy atom. The maximum absolute atomic E-state index is 12.4. The number of aromatic amines is 1. The second-order valence-electron chi connectivity index (χ2n) is 5.94. The number of benzene rings is 3. The molecule has 0 saturated carbocycles. The molecule has 7 heteroatoms. The lowest BCUT2D eigenvalue weighted by Crippen LogP contribution is -2.11.